The molecule has 0 heterocycles. The van der Waals surface area contributed by atoms with Gasteiger partial charge in [-0.2, -0.15) is 0 Å². The second-order valence-electron chi connectivity index (χ2n) is 7.51. The van der Waals surface area contributed by atoms with Crippen molar-refractivity contribution < 1.29 is 0 Å². The molecule has 0 bridgehead atoms. The maximum Gasteiger partial charge on any atom is -0.0162 e. The van der Waals surface area contributed by atoms with Gasteiger partial charge in [0.05, 0.1) is 0 Å². The summed E-state index contributed by atoms with van der Waals surface area (Å²) in [6.45, 7) is 2.34. The summed E-state index contributed by atoms with van der Waals surface area (Å²) in [7, 11) is 0. The lowest BCUT2D eigenvalue weighted by Gasteiger charge is -2.38. The number of hydrogen-bond acceptors (Lipinski definition) is 0. The van der Waals surface area contributed by atoms with Crippen molar-refractivity contribution in [2.75, 3.05) is 0 Å². The van der Waals surface area contributed by atoms with Crippen molar-refractivity contribution in [3.05, 3.63) is 35.9 Å². The molecule has 0 amide bonds. The molecule has 2 aliphatic carbocycles. The molecule has 0 spiro atoms. The molecule has 1 aromatic carbocycles. The van der Waals surface area contributed by atoms with Gasteiger partial charge >= 0.3 is 0 Å². The lowest BCUT2D eigenvalue weighted by atomic mass is 9.68. The van der Waals surface area contributed by atoms with Crippen molar-refractivity contribution >= 4 is 0 Å². The van der Waals surface area contributed by atoms with Crippen LogP contribution >= 0.6 is 0 Å². The van der Waals surface area contributed by atoms with Crippen molar-refractivity contribution in [1.29, 1.82) is 0 Å². The van der Waals surface area contributed by atoms with E-state index in [4.69, 9.17) is 0 Å². The Kier molecular flexibility index (Phi) is 5.38. The lowest BCUT2D eigenvalue weighted by Crippen LogP contribution is -2.25. The molecule has 0 N–H and O–H groups in total. The Hall–Kier alpha value is -0.780. The highest BCUT2D eigenvalue weighted by molar-refractivity contribution is 5.19. The fraction of sp³-hybridized carbons (Fsp3) is 0.714. The number of hydrogen-bond donors (Lipinski definition) is 0. The summed E-state index contributed by atoms with van der Waals surface area (Å²) >= 11 is 0. The smallest absolute Gasteiger partial charge is 0.0162 e. The molecule has 0 aliphatic heterocycles. The maximum absolute atomic E-state index is 3.15. The third-order valence-corrected chi connectivity index (χ3v) is 6.24. The van der Waals surface area contributed by atoms with Gasteiger partial charge in [0.15, 0.2) is 0 Å². The third-order valence-electron chi connectivity index (χ3n) is 6.24. The molecule has 3 rings (SSSR count). The monoisotopic (exact) mass is 283 g/mol. The molecular formula is C21H31. The Balaban J connectivity index is 1.46. The molecule has 115 valence electrons. The Labute approximate surface area is 131 Å². The molecule has 1 radical (unpaired) electrons. The molecule has 21 heavy (non-hydrogen) atoms. The van der Waals surface area contributed by atoms with E-state index in [-0.39, 0.29) is 0 Å². The van der Waals surface area contributed by atoms with E-state index in [0.29, 0.717) is 0 Å². The summed E-state index contributed by atoms with van der Waals surface area (Å²) in [5.74, 6) is 3.98. The van der Waals surface area contributed by atoms with Gasteiger partial charge in [0.2, 0.25) is 0 Å². The van der Waals surface area contributed by atoms with Crippen LogP contribution in [0.4, 0.5) is 0 Å². The minimum absolute atomic E-state index is 0.826. The van der Waals surface area contributed by atoms with E-state index in [0.717, 1.165) is 23.7 Å². The second kappa shape index (κ2) is 7.47. The zero-order chi connectivity index (χ0) is 14.5. The summed E-state index contributed by atoms with van der Waals surface area (Å²) in [4.78, 5) is 0. The normalized spacial score (nSPS) is 33.8. The lowest BCUT2D eigenvalue weighted by molar-refractivity contribution is 0.156. The van der Waals surface area contributed by atoms with Gasteiger partial charge in [-0.15, -0.1) is 0 Å². The molecule has 0 heteroatoms. The van der Waals surface area contributed by atoms with Crippen molar-refractivity contribution in [3.8, 4) is 0 Å². The van der Waals surface area contributed by atoms with Crippen LogP contribution in [0.2, 0.25) is 0 Å². The first-order valence-electron chi connectivity index (χ1n) is 9.32. The van der Waals surface area contributed by atoms with Gasteiger partial charge in [-0.25, -0.2) is 0 Å². The molecule has 0 aromatic heterocycles. The molecular weight excluding hydrogens is 252 g/mol. The summed E-state index contributed by atoms with van der Waals surface area (Å²) < 4.78 is 0. The van der Waals surface area contributed by atoms with Gasteiger partial charge in [0.25, 0.3) is 0 Å². The topological polar surface area (TPSA) is 0 Å². The van der Waals surface area contributed by atoms with E-state index < -0.39 is 0 Å². The van der Waals surface area contributed by atoms with Crippen LogP contribution in [0.1, 0.15) is 82.6 Å². The highest BCUT2D eigenvalue weighted by Gasteiger charge is 2.30. The van der Waals surface area contributed by atoms with Crippen LogP contribution in [0, 0.1) is 23.8 Å². The zero-order valence-electron chi connectivity index (χ0n) is 13.7. The van der Waals surface area contributed by atoms with Crippen LogP contribution in [0.15, 0.2) is 24.3 Å². The van der Waals surface area contributed by atoms with E-state index in [1.165, 1.54) is 64.2 Å². The first-order chi connectivity index (χ1) is 10.4. The first-order valence-corrected chi connectivity index (χ1v) is 9.32. The summed E-state index contributed by atoms with van der Waals surface area (Å²) in [6.07, 6.45) is 14.8. The van der Waals surface area contributed by atoms with Gasteiger partial charge < -0.3 is 0 Å². The maximum atomic E-state index is 3.15. The number of benzene rings is 1. The largest absolute Gasteiger partial charge is 0.0654 e. The van der Waals surface area contributed by atoms with Crippen LogP contribution < -0.4 is 0 Å². The van der Waals surface area contributed by atoms with Crippen molar-refractivity contribution in [1.82, 2.24) is 0 Å². The SMILES string of the molecule is CCC[C@H]1CC[C@H](C2CCC(c3cc[c]cc3)CC2)CC1. The van der Waals surface area contributed by atoms with Gasteiger partial charge in [-0.1, -0.05) is 56.9 Å². The number of rotatable bonds is 4. The van der Waals surface area contributed by atoms with Crippen LogP contribution in [-0.4, -0.2) is 0 Å². The van der Waals surface area contributed by atoms with E-state index in [2.05, 4.69) is 37.3 Å². The fourth-order valence-electron chi connectivity index (χ4n) is 4.95. The van der Waals surface area contributed by atoms with Crippen LogP contribution in [0.5, 0.6) is 0 Å². The highest BCUT2D eigenvalue weighted by Crippen LogP contribution is 2.44. The predicted octanol–water partition coefficient (Wildman–Crippen LogP) is 6.37. The average molecular weight is 283 g/mol. The van der Waals surface area contributed by atoms with E-state index in [1.54, 1.807) is 5.56 Å². The standard InChI is InChI=1S/C21H31/c1-2-6-17-9-11-19(12-10-17)21-15-13-20(14-16-21)18-7-4-3-5-8-18/h4-5,7-8,17,19-21H,2,6,9-16H2,1H3/t17-,19-,20?,21?. The van der Waals surface area contributed by atoms with Crippen molar-refractivity contribution in [2.24, 2.45) is 17.8 Å². The quantitative estimate of drug-likeness (QED) is 0.602. The average Bonchev–Trinajstić information content (AvgIpc) is 2.57. The molecule has 0 nitrogen and oxygen atoms in total. The fourth-order valence-corrected chi connectivity index (χ4v) is 4.95. The first kappa shape index (κ1) is 15.1. The summed E-state index contributed by atoms with van der Waals surface area (Å²) in [5, 5.41) is 0. The van der Waals surface area contributed by atoms with E-state index in [9.17, 15) is 0 Å². The van der Waals surface area contributed by atoms with Gasteiger partial charge in [-0.3, -0.25) is 0 Å². The summed E-state index contributed by atoms with van der Waals surface area (Å²) in [6, 6.07) is 11.9. The van der Waals surface area contributed by atoms with E-state index >= 15 is 0 Å². The molecule has 1 aromatic rings. The molecule has 0 saturated heterocycles. The van der Waals surface area contributed by atoms with E-state index in [1.807, 2.05) is 0 Å². The minimum atomic E-state index is 0.826. The molecule has 2 fully saturated rings. The van der Waals surface area contributed by atoms with Gasteiger partial charge in [0.1, 0.15) is 0 Å². The van der Waals surface area contributed by atoms with Crippen molar-refractivity contribution in [2.45, 2.75) is 77.0 Å². The Bertz CT molecular complexity index is 391. The molecule has 0 atom stereocenters. The summed E-state index contributed by atoms with van der Waals surface area (Å²) in [5.41, 5.74) is 1.55. The highest BCUT2D eigenvalue weighted by atomic mass is 14.4. The van der Waals surface area contributed by atoms with Crippen LogP contribution in [0.3, 0.4) is 0 Å². The van der Waals surface area contributed by atoms with Gasteiger partial charge in [-0.05, 0) is 73.8 Å². The van der Waals surface area contributed by atoms with Gasteiger partial charge in [0, 0.05) is 0 Å². The second-order valence-corrected chi connectivity index (χ2v) is 7.51. The van der Waals surface area contributed by atoms with Crippen LogP contribution in [-0.2, 0) is 0 Å². The predicted molar refractivity (Wildman–Crippen MR) is 90.3 cm³/mol. The minimum Gasteiger partial charge on any atom is -0.0654 e. The van der Waals surface area contributed by atoms with Crippen LogP contribution in [0.25, 0.3) is 0 Å². The Morgan fingerprint density at radius 1 is 0.857 bits per heavy atom. The molecule has 2 aliphatic rings. The van der Waals surface area contributed by atoms with Crippen molar-refractivity contribution in [3.63, 3.8) is 0 Å². The Morgan fingerprint density at radius 3 is 2.00 bits per heavy atom. The Morgan fingerprint density at radius 2 is 1.43 bits per heavy atom. The molecule has 0 unspecified atom stereocenters. The zero-order valence-corrected chi connectivity index (χ0v) is 13.7. The molecule has 2 saturated carbocycles. The third kappa shape index (κ3) is 3.90.